The van der Waals surface area contributed by atoms with Gasteiger partial charge in [0.15, 0.2) is 0 Å². The first kappa shape index (κ1) is 16.6. The molecule has 0 atom stereocenters. The molecule has 1 amide bonds. The van der Waals surface area contributed by atoms with Gasteiger partial charge in [-0.1, -0.05) is 6.07 Å². The van der Waals surface area contributed by atoms with Gasteiger partial charge in [0, 0.05) is 24.7 Å². The molecule has 0 aliphatic rings. The first-order valence-corrected chi connectivity index (χ1v) is 8.26. The highest BCUT2D eigenvalue weighted by Gasteiger charge is 2.13. The number of methoxy groups -OCH3 is 1. The van der Waals surface area contributed by atoms with Crippen LogP contribution in [0.1, 0.15) is 16.1 Å². The number of hydrogen-bond donors (Lipinski definition) is 2. The van der Waals surface area contributed by atoms with E-state index in [0.29, 0.717) is 18.0 Å². The molecule has 1 aromatic carbocycles. The number of aromatic nitrogens is 4. The van der Waals surface area contributed by atoms with Gasteiger partial charge >= 0.3 is 0 Å². The molecular formula is C19H17N5O3. The Morgan fingerprint density at radius 1 is 1.26 bits per heavy atom. The van der Waals surface area contributed by atoms with Crippen molar-refractivity contribution in [2.45, 2.75) is 6.54 Å². The fourth-order valence-corrected chi connectivity index (χ4v) is 2.77. The Kier molecular flexibility index (Phi) is 4.21. The minimum atomic E-state index is -0.428. The number of amides is 1. The molecule has 3 heterocycles. The Bertz CT molecular complexity index is 1080. The number of nitrogens with zero attached hydrogens (tertiary/aromatic N) is 4. The summed E-state index contributed by atoms with van der Waals surface area (Å²) < 4.78 is 8.64. The van der Waals surface area contributed by atoms with Gasteiger partial charge < -0.3 is 19.6 Å². The number of fused-ring (bicyclic) bond motifs is 1. The molecule has 4 aromatic rings. The molecule has 0 spiro atoms. The van der Waals surface area contributed by atoms with E-state index in [2.05, 4.69) is 15.4 Å². The van der Waals surface area contributed by atoms with Crippen molar-refractivity contribution in [3.8, 4) is 11.5 Å². The van der Waals surface area contributed by atoms with Crippen molar-refractivity contribution in [1.82, 2.24) is 19.2 Å². The van der Waals surface area contributed by atoms with Crippen LogP contribution in [0, 0.1) is 0 Å². The molecule has 8 nitrogen and oxygen atoms in total. The number of rotatable bonds is 5. The van der Waals surface area contributed by atoms with E-state index in [1.807, 2.05) is 35.0 Å². The minimum absolute atomic E-state index is 0.149. The second-order valence-electron chi connectivity index (χ2n) is 5.96. The van der Waals surface area contributed by atoms with Crippen LogP contribution in [0.2, 0.25) is 0 Å². The average molecular weight is 363 g/mol. The fourth-order valence-electron chi connectivity index (χ4n) is 2.77. The summed E-state index contributed by atoms with van der Waals surface area (Å²) in [4.78, 5) is 16.9. The van der Waals surface area contributed by atoms with E-state index in [4.69, 9.17) is 4.74 Å². The van der Waals surface area contributed by atoms with E-state index < -0.39 is 5.91 Å². The number of anilines is 1. The largest absolute Gasteiger partial charge is 0.507 e. The molecule has 8 heteroatoms. The van der Waals surface area contributed by atoms with Crippen LogP contribution >= 0.6 is 0 Å². The van der Waals surface area contributed by atoms with Gasteiger partial charge in [-0.15, -0.1) is 0 Å². The average Bonchev–Trinajstić information content (AvgIpc) is 3.27. The van der Waals surface area contributed by atoms with Gasteiger partial charge in [-0.25, -0.2) is 4.98 Å². The zero-order valence-electron chi connectivity index (χ0n) is 14.5. The van der Waals surface area contributed by atoms with Crippen molar-refractivity contribution in [2.75, 3.05) is 12.4 Å². The highest BCUT2D eigenvalue weighted by molar-refractivity contribution is 6.06. The van der Waals surface area contributed by atoms with Crippen LogP contribution < -0.4 is 10.1 Å². The molecule has 27 heavy (non-hydrogen) atoms. The molecule has 0 radical (unpaired) electrons. The molecular weight excluding hydrogens is 346 g/mol. The van der Waals surface area contributed by atoms with Gasteiger partial charge in [0.2, 0.25) is 0 Å². The molecule has 136 valence electrons. The van der Waals surface area contributed by atoms with Crippen molar-refractivity contribution in [3.05, 3.63) is 72.4 Å². The maximum atomic E-state index is 12.4. The fraction of sp³-hybridized carbons (Fsp3) is 0.105. The molecule has 0 fully saturated rings. The summed E-state index contributed by atoms with van der Waals surface area (Å²) in [7, 11) is 1.49. The number of aromatic hydroxyl groups is 1. The highest BCUT2D eigenvalue weighted by atomic mass is 16.5. The molecule has 0 saturated heterocycles. The van der Waals surface area contributed by atoms with E-state index in [1.54, 1.807) is 23.1 Å². The van der Waals surface area contributed by atoms with Crippen LogP contribution in [0.25, 0.3) is 5.65 Å². The highest BCUT2D eigenvalue weighted by Crippen LogP contribution is 2.24. The molecule has 0 saturated carbocycles. The van der Waals surface area contributed by atoms with Crippen molar-refractivity contribution in [2.24, 2.45) is 0 Å². The summed E-state index contributed by atoms with van der Waals surface area (Å²) in [6.45, 7) is 0.478. The minimum Gasteiger partial charge on any atom is -0.507 e. The summed E-state index contributed by atoms with van der Waals surface area (Å²) in [6.07, 6.45) is 7.13. The quantitative estimate of drug-likeness (QED) is 0.568. The summed E-state index contributed by atoms with van der Waals surface area (Å²) >= 11 is 0. The standard InChI is InChI=1S/C19H17N5O3/c1-27-15-5-6-16(17(25)8-15)19(26)22-13-9-20-24(11-13)12-14-10-23-7-3-2-4-18(23)21-14/h2-11,25H,12H2,1H3,(H,22,26). The van der Waals surface area contributed by atoms with Crippen LogP contribution in [0.4, 0.5) is 5.69 Å². The number of nitrogens with one attached hydrogen (secondary N) is 1. The predicted molar refractivity (Wildman–Crippen MR) is 99.1 cm³/mol. The molecule has 0 unspecified atom stereocenters. The van der Waals surface area contributed by atoms with Crippen LogP contribution in [0.3, 0.4) is 0 Å². The lowest BCUT2D eigenvalue weighted by Gasteiger charge is -2.06. The molecule has 2 N–H and O–H groups in total. The molecule has 3 aromatic heterocycles. The lowest BCUT2D eigenvalue weighted by atomic mass is 10.2. The number of pyridine rings is 1. The monoisotopic (exact) mass is 363 g/mol. The van der Waals surface area contributed by atoms with Crippen molar-refractivity contribution in [1.29, 1.82) is 0 Å². The summed E-state index contributed by atoms with van der Waals surface area (Å²) in [5.41, 5.74) is 2.40. The van der Waals surface area contributed by atoms with Crippen LogP contribution in [0.15, 0.2) is 61.2 Å². The number of imidazole rings is 1. The van der Waals surface area contributed by atoms with Crippen molar-refractivity contribution in [3.63, 3.8) is 0 Å². The zero-order chi connectivity index (χ0) is 18.8. The van der Waals surface area contributed by atoms with E-state index in [1.165, 1.54) is 19.2 Å². The number of benzene rings is 1. The Labute approximate surface area is 154 Å². The van der Waals surface area contributed by atoms with Crippen LogP contribution in [-0.2, 0) is 6.54 Å². The summed E-state index contributed by atoms with van der Waals surface area (Å²) in [6, 6.07) is 10.3. The maximum Gasteiger partial charge on any atom is 0.259 e. The number of phenolic OH excluding ortho intramolecular Hbond substituents is 1. The summed E-state index contributed by atoms with van der Waals surface area (Å²) in [5, 5.41) is 16.9. The Balaban J connectivity index is 1.46. The van der Waals surface area contributed by atoms with Crippen LogP contribution in [0.5, 0.6) is 11.5 Å². The first-order chi connectivity index (χ1) is 13.1. The SMILES string of the molecule is COc1ccc(C(=O)Nc2cnn(Cc3cn4ccccc4n3)c2)c(O)c1. The van der Waals surface area contributed by atoms with Gasteiger partial charge in [-0.3, -0.25) is 9.48 Å². The first-order valence-electron chi connectivity index (χ1n) is 8.26. The zero-order valence-corrected chi connectivity index (χ0v) is 14.5. The van der Waals surface area contributed by atoms with Gasteiger partial charge in [-0.05, 0) is 24.3 Å². The third kappa shape index (κ3) is 3.45. The number of phenols is 1. The maximum absolute atomic E-state index is 12.4. The number of carbonyl (C=O) groups is 1. The Morgan fingerprint density at radius 3 is 2.93 bits per heavy atom. The van der Waals surface area contributed by atoms with Gasteiger partial charge in [0.05, 0.1) is 36.8 Å². The smallest absolute Gasteiger partial charge is 0.259 e. The van der Waals surface area contributed by atoms with E-state index in [9.17, 15) is 9.90 Å². The van der Waals surface area contributed by atoms with E-state index in [0.717, 1.165) is 11.3 Å². The molecule has 4 rings (SSSR count). The van der Waals surface area contributed by atoms with E-state index >= 15 is 0 Å². The lowest BCUT2D eigenvalue weighted by Crippen LogP contribution is -2.11. The third-order valence-corrected chi connectivity index (χ3v) is 4.08. The normalized spacial score (nSPS) is 10.9. The molecule has 0 aliphatic carbocycles. The Hall–Kier alpha value is -3.81. The topological polar surface area (TPSA) is 93.7 Å². The molecule has 0 bridgehead atoms. The Morgan fingerprint density at radius 2 is 2.15 bits per heavy atom. The number of hydrogen-bond acceptors (Lipinski definition) is 5. The second kappa shape index (κ2) is 6.83. The number of carbonyl (C=O) groups excluding carboxylic acids is 1. The van der Waals surface area contributed by atoms with Gasteiger partial charge in [-0.2, -0.15) is 5.10 Å². The second-order valence-corrected chi connectivity index (χ2v) is 5.96. The van der Waals surface area contributed by atoms with Crippen LogP contribution in [-0.4, -0.2) is 37.3 Å². The third-order valence-electron chi connectivity index (χ3n) is 4.08. The predicted octanol–water partition coefficient (Wildman–Crippen LogP) is 2.55. The summed E-state index contributed by atoms with van der Waals surface area (Å²) in [5.74, 6) is -0.101. The number of ether oxygens (including phenoxy) is 1. The van der Waals surface area contributed by atoms with Gasteiger partial charge in [0.1, 0.15) is 17.1 Å². The van der Waals surface area contributed by atoms with Gasteiger partial charge in [0.25, 0.3) is 5.91 Å². The van der Waals surface area contributed by atoms with E-state index in [-0.39, 0.29) is 11.3 Å². The molecule has 0 aliphatic heterocycles. The van der Waals surface area contributed by atoms with Crippen molar-refractivity contribution >= 4 is 17.2 Å². The van der Waals surface area contributed by atoms with Crippen molar-refractivity contribution < 1.29 is 14.6 Å². The lowest BCUT2D eigenvalue weighted by molar-refractivity contribution is 0.102.